The molecule has 1 heterocycles. The minimum atomic E-state index is -3.36. The second-order valence-corrected chi connectivity index (χ2v) is 9.16. The van der Waals surface area contributed by atoms with Crippen LogP contribution in [0.1, 0.15) is 37.3 Å². The normalized spacial score (nSPS) is 17.5. The molecule has 1 unspecified atom stereocenters. The predicted octanol–water partition coefficient (Wildman–Crippen LogP) is 2.50. The van der Waals surface area contributed by atoms with Crippen molar-refractivity contribution in [2.24, 2.45) is 4.99 Å². The van der Waals surface area contributed by atoms with Crippen molar-refractivity contribution in [3.63, 3.8) is 0 Å². The van der Waals surface area contributed by atoms with Crippen LogP contribution < -0.4 is 10.0 Å². The van der Waals surface area contributed by atoms with Gasteiger partial charge in [-0.1, -0.05) is 29.8 Å². The van der Waals surface area contributed by atoms with Gasteiger partial charge in [-0.3, -0.25) is 4.99 Å². The lowest BCUT2D eigenvalue weighted by atomic mass is 10.1. The molecule has 1 atom stereocenters. The van der Waals surface area contributed by atoms with E-state index in [9.17, 15) is 8.42 Å². The summed E-state index contributed by atoms with van der Waals surface area (Å²) in [6.45, 7) is 6.76. The van der Waals surface area contributed by atoms with Crippen molar-refractivity contribution >= 4 is 40.0 Å². The summed E-state index contributed by atoms with van der Waals surface area (Å²) in [5.74, 6) is 0.668. The van der Waals surface area contributed by atoms with E-state index in [1.807, 2.05) is 18.9 Å². The number of nitrogens with one attached hydrogen (secondary N) is 2. The quantitative estimate of drug-likeness (QED) is 0.287. The fraction of sp³-hybridized carbons (Fsp3) is 0.650. The van der Waals surface area contributed by atoms with E-state index in [4.69, 9.17) is 4.74 Å². The Balaban J connectivity index is 0.00000420. The zero-order valence-electron chi connectivity index (χ0n) is 17.7. The maximum absolute atomic E-state index is 12.2. The number of sulfonamides is 1. The zero-order valence-corrected chi connectivity index (χ0v) is 20.8. The third-order valence-corrected chi connectivity index (χ3v) is 5.99. The number of halogens is 1. The number of hydrogen-bond acceptors (Lipinski definition) is 4. The standard InChI is InChI=1S/C20H34N4O3S.HI/c1-4-21-20(24(3)16-18-10-8-17(2)9-11-18)22-12-14-28(25,26)23-15-19-7-5-6-13-27-19;/h8-11,19,23H,4-7,12-16H2,1-3H3,(H,21,22);1H. The van der Waals surface area contributed by atoms with Crippen LogP contribution in [0, 0.1) is 6.92 Å². The van der Waals surface area contributed by atoms with E-state index in [1.165, 1.54) is 11.1 Å². The van der Waals surface area contributed by atoms with Crippen molar-refractivity contribution in [1.82, 2.24) is 14.9 Å². The van der Waals surface area contributed by atoms with Gasteiger partial charge in [0.25, 0.3) is 0 Å². The first kappa shape index (κ1) is 26.1. The fourth-order valence-corrected chi connectivity index (χ4v) is 3.96. The summed E-state index contributed by atoms with van der Waals surface area (Å²) >= 11 is 0. The molecule has 0 saturated carbocycles. The maximum atomic E-state index is 12.2. The molecule has 1 aromatic carbocycles. The minimum absolute atomic E-state index is 0. The van der Waals surface area contributed by atoms with Gasteiger partial charge in [-0.15, -0.1) is 24.0 Å². The first-order chi connectivity index (χ1) is 13.4. The molecule has 1 aliphatic rings. The highest BCUT2D eigenvalue weighted by Crippen LogP contribution is 2.12. The molecule has 1 fully saturated rings. The molecule has 1 saturated heterocycles. The second-order valence-electron chi connectivity index (χ2n) is 7.23. The highest BCUT2D eigenvalue weighted by Gasteiger charge is 2.17. The van der Waals surface area contributed by atoms with Crippen LogP contribution in [0.3, 0.4) is 0 Å². The lowest BCUT2D eigenvalue weighted by molar-refractivity contribution is 0.0200. The number of aliphatic imine (C=N–C) groups is 1. The number of hydrogen-bond donors (Lipinski definition) is 2. The molecular formula is C20H35IN4O3S. The van der Waals surface area contributed by atoms with Crippen LogP contribution in [-0.2, 0) is 21.3 Å². The lowest BCUT2D eigenvalue weighted by Gasteiger charge is -2.23. The van der Waals surface area contributed by atoms with Gasteiger partial charge in [0.2, 0.25) is 10.0 Å². The van der Waals surface area contributed by atoms with Gasteiger partial charge in [0.15, 0.2) is 5.96 Å². The molecule has 1 aromatic rings. The van der Waals surface area contributed by atoms with Crippen molar-refractivity contribution in [2.75, 3.05) is 39.0 Å². The molecule has 2 rings (SSSR count). The Kier molecular flexibility index (Phi) is 12.1. The van der Waals surface area contributed by atoms with Crippen molar-refractivity contribution < 1.29 is 13.2 Å². The Morgan fingerprint density at radius 2 is 2.00 bits per heavy atom. The molecule has 0 amide bonds. The molecule has 0 aliphatic carbocycles. The second kappa shape index (κ2) is 13.4. The SMILES string of the molecule is CCNC(=NCCS(=O)(=O)NCC1CCCCO1)N(C)Cc1ccc(C)cc1.I. The van der Waals surface area contributed by atoms with E-state index in [0.29, 0.717) is 19.0 Å². The number of benzene rings is 1. The number of aryl methyl sites for hydroxylation is 1. The number of nitrogens with zero attached hydrogens (tertiary/aromatic N) is 2. The van der Waals surface area contributed by atoms with Crippen molar-refractivity contribution in [3.8, 4) is 0 Å². The first-order valence-corrected chi connectivity index (χ1v) is 11.7. The monoisotopic (exact) mass is 538 g/mol. The van der Waals surface area contributed by atoms with E-state index in [2.05, 4.69) is 46.2 Å². The highest BCUT2D eigenvalue weighted by molar-refractivity contribution is 14.0. The topological polar surface area (TPSA) is 83.0 Å². The summed E-state index contributed by atoms with van der Waals surface area (Å²) in [6, 6.07) is 8.36. The first-order valence-electron chi connectivity index (χ1n) is 10.0. The Bertz CT molecular complexity index is 720. The average Bonchev–Trinajstić information content (AvgIpc) is 2.68. The van der Waals surface area contributed by atoms with Crippen LogP contribution in [-0.4, -0.2) is 64.4 Å². The summed E-state index contributed by atoms with van der Waals surface area (Å²) in [5, 5.41) is 3.22. The van der Waals surface area contributed by atoms with Gasteiger partial charge in [-0.2, -0.15) is 0 Å². The molecule has 1 aliphatic heterocycles. The smallest absolute Gasteiger partial charge is 0.213 e. The van der Waals surface area contributed by atoms with Gasteiger partial charge in [-0.05, 0) is 38.7 Å². The average molecular weight is 538 g/mol. The van der Waals surface area contributed by atoms with Crippen LogP contribution in [0.5, 0.6) is 0 Å². The van der Waals surface area contributed by atoms with Crippen molar-refractivity contribution in [1.29, 1.82) is 0 Å². The van der Waals surface area contributed by atoms with Gasteiger partial charge < -0.3 is 15.0 Å². The molecule has 7 nitrogen and oxygen atoms in total. The molecule has 9 heteroatoms. The zero-order chi connectivity index (χ0) is 20.4. The molecule has 0 bridgehead atoms. The van der Waals surface area contributed by atoms with Crippen molar-refractivity contribution in [3.05, 3.63) is 35.4 Å². The predicted molar refractivity (Wildman–Crippen MR) is 129 cm³/mol. The number of guanidine groups is 1. The van der Waals surface area contributed by atoms with E-state index in [0.717, 1.165) is 32.4 Å². The molecule has 0 spiro atoms. The summed E-state index contributed by atoms with van der Waals surface area (Å²) in [6.07, 6.45) is 3.05. The lowest BCUT2D eigenvalue weighted by Crippen LogP contribution is -2.39. The third-order valence-electron chi connectivity index (χ3n) is 4.66. The Morgan fingerprint density at radius 1 is 1.28 bits per heavy atom. The molecule has 2 N–H and O–H groups in total. The largest absolute Gasteiger partial charge is 0.377 e. The Morgan fingerprint density at radius 3 is 2.62 bits per heavy atom. The van der Waals surface area contributed by atoms with E-state index < -0.39 is 10.0 Å². The Hall–Kier alpha value is -0.910. The number of ether oxygens (including phenoxy) is 1. The highest BCUT2D eigenvalue weighted by atomic mass is 127. The summed E-state index contributed by atoms with van der Waals surface area (Å²) in [7, 11) is -1.41. The molecular weight excluding hydrogens is 503 g/mol. The summed E-state index contributed by atoms with van der Waals surface area (Å²) < 4.78 is 32.7. The molecule has 0 radical (unpaired) electrons. The van der Waals surface area contributed by atoms with Crippen LogP contribution in [0.2, 0.25) is 0 Å². The van der Waals surface area contributed by atoms with E-state index in [1.54, 1.807) is 0 Å². The fourth-order valence-electron chi connectivity index (χ4n) is 3.04. The van der Waals surface area contributed by atoms with Gasteiger partial charge in [0.1, 0.15) is 0 Å². The minimum Gasteiger partial charge on any atom is -0.377 e. The van der Waals surface area contributed by atoms with E-state index in [-0.39, 0.29) is 42.4 Å². The van der Waals surface area contributed by atoms with Crippen LogP contribution in [0.4, 0.5) is 0 Å². The van der Waals surface area contributed by atoms with Crippen LogP contribution >= 0.6 is 24.0 Å². The van der Waals surface area contributed by atoms with Crippen LogP contribution in [0.25, 0.3) is 0 Å². The molecule has 166 valence electrons. The van der Waals surface area contributed by atoms with Gasteiger partial charge in [-0.25, -0.2) is 13.1 Å². The van der Waals surface area contributed by atoms with Gasteiger partial charge in [0, 0.05) is 33.3 Å². The summed E-state index contributed by atoms with van der Waals surface area (Å²) in [5.41, 5.74) is 2.41. The maximum Gasteiger partial charge on any atom is 0.213 e. The van der Waals surface area contributed by atoms with Crippen molar-refractivity contribution in [2.45, 2.75) is 45.8 Å². The van der Waals surface area contributed by atoms with E-state index >= 15 is 0 Å². The molecule has 29 heavy (non-hydrogen) atoms. The summed E-state index contributed by atoms with van der Waals surface area (Å²) in [4.78, 5) is 6.49. The Labute approximate surface area is 192 Å². The van der Waals surface area contributed by atoms with Gasteiger partial charge in [0.05, 0.1) is 18.4 Å². The van der Waals surface area contributed by atoms with Gasteiger partial charge >= 0.3 is 0 Å². The van der Waals surface area contributed by atoms with Crippen LogP contribution in [0.15, 0.2) is 29.3 Å². The number of rotatable bonds is 9. The third kappa shape index (κ3) is 10.1. The molecule has 0 aromatic heterocycles.